The van der Waals surface area contributed by atoms with Crippen LogP contribution in [0.2, 0.25) is 0 Å². The van der Waals surface area contributed by atoms with Gasteiger partial charge in [0.15, 0.2) is 52.4 Å². The summed E-state index contributed by atoms with van der Waals surface area (Å²) in [6.07, 6.45) is 0. The second-order valence-electron chi connectivity index (χ2n) is 33.7. The lowest BCUT2D eigenvalue weighted by molar-refractivity contribution is 0.669. The average Bonchev–Trinajstić information content (AvgIpc) is 1.40. The van der Waals surface area contributed by atoms with Crippen LogP contribution in [-0.2, 0) is 0 Å². The van der Waals surface area contributed by atoms with Crippen LogP contribution in [0.3, 0.4) is 0 Å². The molecule has 26 rings (SSSR count). The van der Waals surface area contributed by atoms with Crippen LogP contribution in [0.25, 0.3) is 257 Å². The number of furan rings is 3. The first-order valence-electron chi connectivity index (χ1n) is 45.7. The van der Waals surface area contributed by atoms with Crippen LogP contribution in [0.15, 0.2) is 492 Å². The Morgan fingerprint density at radius 3 is 0.693 bits per heavy atom. The van der Waals surface area contributed by atoms with Gasteiger partial charge in [-0.25, -0.2) is 44.9 Å². The predicted molar refractivity (Wildman–Crippen MR) is 558 cm³/mol. The molecule has 12 nitrogen and oxygen atoms in total. The summed E-state index contributed by atoms with van der Waals surface area (Å²) in [5, 5.41) is 11.4. The highest BCUT2D eigenvalue weighted by Gasteiger charge is 2.23. The third-order valence-corrected chi connectivity index (χ3v) is 25.3. The fourth-order valence-electron chi connectivity index (χ4n) is 18.6. The molecule has 0 atom stereocenters. The van der Waals surface area contributed by atoms with E-state index in [1.807, 2.05) is 218 Å². The largest absolute Gasteiger partial charge is 0.455 e. The van der Waals surface area contributed by atoms with Crippen LogP contribution in [0.4, 0.5) is 0 Å². The highest BCUT2D eigenvalue weighted by Crippen LogP contribution is 2.46. The number of nitrogens with zero attached hydrogens (tertiary/aromatic N) is 9. The van der Waals surface area contributed by atoms with Gasteiger partial charge in [-0.2, -0.15) is 0 Å². The van der Waals surface area contributed by atoms with Gasteiger partial charge in [0.25, 0.3) is 0 Å². The highest BCUT2D eigenvalue weighted by molar-refractivity contribution is 6.15. The zero-order valence-electron chi connectivity index (χ0n) is 73.9. The van der Waals surface area contributed by atoms with Gasteiger partial charge in [0, 0.05) is 99.1 Å². The number of rotatable bonds is 15. The molecule has 0 unspecified atom stereocenters. The molecule has 0 aliphatic heterocycles. The second-order valence-corrected chi connectivity index (χ2v) is 33.7. The van der Waals surface area contributed by atoms with Gasteiger partial charge in [0.2, 0.25) is 0 Å². The van der Waals surface area contributed by atoms with Gasteiger partial charge in [-0.15, -0.1) is 0 Å². The number of hydrogen-bond donors (Lipinski definition) is 0. The molecule has 137 heavy (non-hydrogen) atoms. The minimum Gasteiger partial charge on any atom is -0.455 e. The summed E-state index contributed by atoms with van der Waals surface area (Å²) in [6.45, 7) is 0. The Kier molecular flexibility index (Phi) is 21.4. The number of fused-ring (bicyclic) bond motifs is 11. The van der Waals surface area contributed by atoms with Crippen LogP contribution >= 0.6 is 0 Å². The Morgan fingerprint density at radius 1 is 0.109 bits per heavy atom. The van der Waals surface area contributed by atoms with Crippen LogP contribution in [0, 0.1) is 0 Å². The molecule has 0 saturated carbocycles. The van der Waals surface area contributed by atoms with Crippen LogP contribution in [-0.4, -0.2) is 44.9 Å². The summed E-state index contributed by atoms with van der Waals surface area (Å²) >= 11 is 0. The highest BCUT2D eigenvalue weighted by atomic mass is 16.3. The van der Waals surface area contributed by atoms with Gasteiger partial charge in [0.05, 0.1) is 0 Å². The molecule has 12 heteroatoms. The zero-order chi connectivity index (χ0) is 90.9. The maximum atomic E-state index is 6.41. The number of aromatic nitrogens is 9. The quantitative estimate of drug-likeness (QED) is 0.0959. The van der Waals surface area contributed by atoms with Gasteiger partial charge >= 0.3 is 0 Å². The lowest BCUT2D eigenvalue weighted by atomic mass is 9.91. The molecular weight excluding hydrogens is 1680 g/mol. The molecule has 0 N–H and O–H groups in total. The van der Waals surface area contributed by atoms with Crippen molar-refractivity contribution >= 4 is 87.4 Å². The predicted octanol–water partition coefficient (Wildman–Crippen LogP) is 32.6. The van der Waals surface area contributed by atoms with Crippen molar-refractivity contribution in [1.82, 2.24) is 44.9 Å². The monoisotopic (exact) mass is 1750 g/mol. The molecule has 0 spiro atoms. The van der Waals surface area contributed by atoms with Crippen LogP contribution < -0.4 is 0 Å². The Balaban J connectivity index is 0.000000112. The molecule has 6 heterocycles. The maximum Gasteiger partial charge on any atom is 0.164 e. The molecular formula is C125H79N9O3. The first-order chi connectivity index (χ1) is 67.9. The fraction of sp³-hybridized carbons (Fsp3) is 0. The van der Waals surface area contributed by atoms with Gasteiger partial charge in [-0.05, 0) is 114 Å². The molecule has 0 aliphatic rings. The second kappa shape index (κ2) is 35.9. The van der Waals surface area contributed by atoms with E-state index in [1.165, 1.54) is 16.3 Å². The van der Waals surface area contributed by atoms with Crippen LogP contribution in [0.1, 0.15) is 0 Å². The van der Waals surface area contributed by atoms with E-state index in [0.717, 1.165) is 188 Å². The van der Waals surface area contributed by atoms with Crippen molar-refractivity contribution in [1.29, 1.82) is 0 Å². The topological polar surface area (TPSA) is 155 Å². The average molecular weight is 1760 g/mol. The van der Waals surface area contributed by atoms with Crippen molar-refractivity contribution in [3.63, 3.8) is 0 Å². The number of hydrogen-bond acceptors (Lipinski definition) is 12. The van der Waals surface area contributed by atoms with Crippen molar-refractivity contribution in [3.8, 4) is 169 Å². The van der Waals surface area contributed by atoms with E-state index in [0.29, 0.717) is 52.4 Å². The molecule has 0 radical (unpaired) electrons. The molecule has 0 saturated heterocycles. The van der Waals surface area contributed by atoms with Gasteiger partial charge in [-0.3, -0.25) is 0 Å². The Labute approximate surface area is 788 Å². The molecule has 0 amide bonds. The Bertz CT molecular complexity index is 8850. The SMILES string of the molecule is c1ccc(-c2nc(-c3ccccc3)nc(-c3ccc(-c4ccc(-c5cccc6c5oc5ccccc56)c5ccccc45)cc3)n2)cc1.c1ccc(-c2nc(-c3ccccc3)nc(-c3ccc(-c4cccc(-c5cccc6c5oc5ccccc56)c4)c4ccccc34)n2)cc1.c1ccc(-c2nc(-c3ccccc3)nc(-c3cccc(-c4cccc(-c5cccc6c5oc5ccccc56)c4)c3)n2)cc1. The third-order valence-electron chi connectivity index (χ3n) is 25.3. The van der Waals surface area contributed by atoms with Crippen molar-refractivity contribution < 1.29 is 13.3 Å². The minimum absolute atomic E-state index is 0.637. The van der Waals surface area contributed by atoms with Crippen molar-refractivity contribution in [2.75, 3.05) is 0 Å². The van der Waals surface area contributed by atoms with Gasteiger partial charge < -0.3 is 13.3 Å². The summed E-state index contributed by atoms with van der Waals surface area (Å²) < 4.78 is 19.1. The molecule has 20 aromatic carbocycles. The molecule has 0 aliphatic carbocycles. The number of para-hydroxylation sites is 6. The molecule has 642 valence electrons. The van der Waals surface area contributed by atoms with Crippen molar-refractivity contribution in [3.05, 3.63) is 479 Å². The molecule has 6 aromatic heterocycles. The molecule has 0 fully saturated rings. The van der Waals surface area contributed by atoms with Crippen molar-refractivity contribution in [2.24, 2.45) is 0 Å². The molecule has 0 bridgehead atoms. The molecule has 26 aromatic rings. The van der Waals surface area contributed by atoms with E-state index in [1.54, 1.807) is 0 Å². The van der Waals surface area contributed by atoms with E-state index in [4.69, 9.17) is 58.1 Å². The van der Waals surface area contributed by atoms with E-state index >= 15 is 0 Å². The minimum atomic E-state index is 0.637. The van der Waals surface area contributed by atoms with E-state index in [-0.39, 0.29) is 0 Å². The lowest BCUT2D eigenvalue weighted by Gasteiger charge is -2.14. The van der Waals surface area contributed by atoms with E-state index in [9.17, 15) is 0 Å². The summed E-state index contributed by atoms with van der Waals surface area (Å²) in [5.41, 5.74) is 27.3. The summed E-state index contributed by atoms with van der Waals surface area (Å²) in [4.78, 5) is 44.2. The van der Waals surface area contributed by atoms with Crippen LogP contribution in [0.5, 0.6) is 0 Å². The smallest absolute Gasteiger partial charge is 0.164 e. The third kappa shape index (κ3) is 16.0. The normalized spacial score (nSPS) is 11.4. The van der Waals surface area contributed by atoms with E-state index < -0.39 is 0 Å². The van der Waals surface area contributed by atoms with Gasteiger partial charge in [-0.1, -0.05) is 437 Å². The Morgan fingerprint density at radius 2 is 0.321 bits per heavy atom. The summed E-state index contributed by atoms with van der Waals surface area (Å²) in [5.74, 6) is 5.82. The van der Waals surface area contributed by atoms with Crippen molar-refractivity contribution in [2.45, 2.75) is 0 Å². The zero-order valence-corrected chi connectivity index (χ0v) is 73.9. The maximum absolute atomic E-state index is 6.41. The first-order valence-corrected chi connectivity index (χ1v) is 45.7. The fourth-order valence-corrected chi connectivity index (χ4v) is 18.6. The Hall–Kier alpha value is -18.7. The van der Waals surface area contributed by atoms with Gasteiger partial charge in [0.1, 0.15) is 33.5 Å². The first kappa shape index (κ1) is 81.6. The summed E-state index contributed by atoms with van der Waals surface area (Å²) in [7, 11) is 0. The number of benzene rings is 20. The lowest BCUT2D eigenvalue weighted by Crippen LogP contribution is -2.00. The standard InChI is InChI=1S/2C43H27N3O.C39H25N3O/c1-3-13-28(14-4-1)41-44-42(29-15-5-2-6-16-29)46-43(45-41)38-26-25-32(34-19-7-8-20-35(34)38)30-17-11-18-31(27-30)33-22-12-23-37-36-21-9-10-24-39(36)47-40(33)37;1-3-12-29(13-4-1)41-44-42(30-14-5-2-6-15-30)46-43(45-41)31-24-22-28(23-25-31)32-26-27-35(34-17-8-7-16-33(32)34)37-19-11-20-38-36-18-9-10-21-39(36)47-40(37)38;1-3-12-26(13-4-1)37-40-38(27-14-5-2-6-15-27)42-39(41-37)31-19-10-17-29(25-31)28-16-9-18-30(24-28)32-21-11-22-34-33-20-7-8-23-35(33)43-36(32)34/h2*1-27H;1-25H. The summed E-state index contributed by atoms with van der Waals surface area (Å²) in [6, 6.07) is 164. The van der Waals surface area contributed by atoms with E-state index in [2.05, 4.69) is 261 Å².